The molecule has 0 bridgehead atoms. The molecule has 0 aliphatic carbocycles. The van der Waals surface area contributed by atoms with Crippen molar-refractivity contribution in [1.29, 1.82) is 0 Å². The summed E-state index contributed by atoms with van der Waals surface area (Å²) in [6.07, 6.45) is 3.53. The first-order valence-corrected chi connectivity index (χ1v) is 7.44. The van der Waals surface area contributed by atoms with E-state index in [1.54, 1.807) is 12.3 Å². The maximum Gasteiger partial charge on any atom is 0.340 e. The molecule has 116 valence electrons. The highest BCUT2D eigenvalue weighted by Gasteiger charge is 2.21. The van der Waals surface area contributed by atoms with E-state index in [2.05, 4.69) is 9.88 Å². The van der Waals surface area contributed by atoms with Crippen molar-refractivity contribution in [1.82, 2.24) is 4.98 Å². The van der Waals surface area contributed by atoms with Gasteiger partial charge in [-0.1, -0.05) is 0 Å². The van der Waals surface area contributed by atoms with Crippen molar-refractivity contribution in [3.05, 3.63) is 23.9 Å². The maximum atomic E-state index is 11.9. The zero-order chi connectivity index (χ0) is 15.5. The van der Waals surface area contributed by atoms with Crippen molar-refractivity contribution >= 4 is 11.8 Å². The molecule has 1 aromatic rings. The zero-order valence-electron chi connectivity index (χ0n) is 13.0. The van der Waals surface area contributed by atoms with Gasteiger partial charge < -0.3 is 14.7 Å². The first-order valence-electron chi connectivity index (χ1n) is 7.44. The Morgan fingerprint density at radius 3 is 2.52 bits per heavy atom. The topological polar surface area (TPSA) is 62.7 Å². The monoisotopic (exact) mass is 292 g/mol. The number of hydrogen-bond donors (Lipinski definition) is 1. The minimum absolute atomic E-state index is 0.263. The lowest BCUT2D eigenvalue weighted by molar-refractivity contribution is 0.00691. The van der Waals surface area contributed by atoms with E-state index < -0.39 is 5.60 Å². The first-order chi connectivity index (χ1) is 9.89. The number of esters is 1. The third-order valence-electron chi connectivity index (χ3n) is 3.58. The quantitative estimate of drug-likeness (QED) is 0.866. The Labute approximate surface area is 125 Å². The van der Waals surface area contributed by atoms with Crippen molar-refractivity contribution in [2.45, 2.75) is 39.2 Å². The molecule has 2 rings (SSSR count). The molecule has 1 aliphatic rings. The Kier molecular flexibility index (Phi) is 4.83. The van der Waals surface area contributed by atoms with Gasteiger partial charge in [0, 0.05) is 25.9 Å². The minimum atomic E-state index is -0.498. The van der Waals surface area contributed by atoms with Gasteiger partial charge in [-0.3, -0.25) is 0 Å². The molecule has 1 aliphatic heterocycles. The van der Waals surface area contributed by atoms with Gasteiger partial charge in [-0.25, -0.2) is 9.78 Å². The normalized spacial score (nSPS) is 16.9. The van der Waals surface area contributed by atoms with Gasteiger partial charge in [0.25, 0.3) is 0 Å². The molecule has 1 N–H and O–H groups in total. The lowest BCUT2D eigenvalue weighted by Crippen LogP contribution is -2.35. The highest BCUT2D eigenvalue weighted by molar-refractivity contribution is 5.89. The molecule has 1 saturated heterocycles. The molecular weight excluding hydrogens is 268 g/mol. The largest absolute Gasteiger partial charge is 0.456 e. The number of nitrogens with zero attached hydrogens (tertiary/aromatic N) is 2. The van der Waals surface area contributed by atoms with Crippen molar-refractivity contribution < 1.29 is 14.6 Å². The predicted octanol–water partition coefficient (Wildman–Crippen LogP) is 2.25. The summed E-state index contributed by atoms with van der Waals surface area (Å²) >= 11 is 0. The van der Waals surface area contributed by atoms with Gasteiger partial charge in [-0.05, 0) is 51.7 Å². The fraction of sp³-hybridized carbons (Fsp3) is 0.625. The number of aromatic nitrogens is 1. The fourth-order valence-corrected chi connectivity index (χ4v) is 2.38. The van der Waals surface area contributed by atoms with Crippen LogP contribution >= 0.6 is 0 Å². The number of aliphatic hydroxyl groups is 1. The highest BCUT2D eigenvalue weighted by Crippen LogP contribution is 2.22. The van der Waals surface area contributed by atoms with Crippen LogP contribution in [0.3, 0.4) is 0 Å². The van der Waals surface area contributed by atoms with Crippen LogP contribution in [0.25, 0.3) is 0 Å². The van der Waals surface area contributed by atoms with Gasteiger partial charge in [0.05, 0.1) is 5.56 Å². The van der Waals surface area contributed by atoms with Crippen LogP contribution in [-0.4, -0.2) is 41.4 Å². The van der Waals surface area contributed by atoms with Crippen LogP contribution in [0.15, 0.2) is 18.3 Å². The van der Waals surface area contributed by atoms with E-state index in [0.29, 0.717) is 11.5 Å². The van der Waals surface area contributed by atoms with Gasteiger partial charge in [0.1, 0.15) is 11.4 Å². The summed E-state index contributed by atoms with van der Waals surface area (Å²) in [6, 6.07) is 3.62. The van der Waals surface area contributed by atoms with Crippen LogP contribution in [0.2, 0.25) is 0 Å². The fourth-order valence-electron chi connectivity index (χ4n) is 2.38. The molecule has 1 aromatic heterocycles. The third kappa shape index (κ3) is 4.43. The Morgan fingerprint density at radius 2 is 2.05 bits per heavy atom. The summed E-state index contributed by atoms with van der Waals surface area (Å²) < 4.78 is 5.32. The number of carbonyl (C=O) groups is 1. The SMILES string of the molecule is CC(C)(C)OC(=O)c1ccc(N2CCC(CO)CC2)nc1. The molecule has 21 heavy (non-hydrogen) atoms. The van der Waals surface area contributed by atoms with Gasteiger partial charge in [0.2, 0.25) is 0 Å². The van der Waals surface area contributed by atoms with Crippen LogP contribution in [0, 0.1) is 5.92 Å². The molecule has 0 atom stereocenters. The number of carbonyl (C=O) groups excluding carboxylic acids is 1. The Bertz CT molecular complexity index is 471. The smallest absolute Gasteiger partial charge is 0.340 e. The number of hydrogen-bond acceptors (Lipinski definition) is 5. The lowest BCUT2D eigenvalue weighted by atomic mass is 9.98. The van der Waals surface area contributed by atoms with Crippen LogP contribution < -0.4 is 4.90 Å². The van der Waals surface area contributed by atoms with Crippen molar-refractivity contribution in [3.63, 3.8) is 0 Å². The number of piperidine rings is 1. The second-order valence-corrected chi connectivity index (χ2v) is 6.52. The lowest BCUT2D eigenvalue weighted by Gasteiger charge is -2.32. The molecule has 0 aromatic carbocycles. The Balaban J connectivity index is 1.98. The van der Waals surface area contributed by atoms with Gasteiger partial charge in [-0.15, -0.1) is 0 Å². The van der Waals surface area contributed by atoms with E-state index in [1.165, 1.54) is 0 Å². The van der Waals surface area contributed by atoms with Crippen LogP contribution in [0.4, 0.5) is 5.82 Å². The van der Waals surface area contributed by atoms with E-state index in [9.17, 15) is 4.79 Å². The van der Waals surface area contributed by atoms with Crippen molar-refractivity contribution in [3.8, 4) is 0 Å². The molecule has 0 radical (unpaired) electrons. The van der Waals surface area contributed by atoms with E-state index in [-0.39, 0.29) is 12.6 Å². The molecule has 5 heteroatoms. The van der Waals surface area contributed by atoms with Crippen LogP contribution in [0.1, 0.15) is 44.0 Å². The summed E-state index contributed by atoms with van der Waals surface area (Å²) in [5.41, 5.74) is -0.0269. The summed E-state index contributed by atoms with van der Waals surface area (Å²) in [6.45, 7) is 7.58. The Hall–Kier alpha value is -1.62. The van der Waals surface area contributed by atoms with Crippen LogP contribution in [-0.2, 0) is 4.74 Å². The molecule has 0 saturated carbocycles. The molecule has 0 unspecified atom stereocenters. The van der Waals surface area contributed by atoms with Crippen molar-refractivity contribution in [2.75, 3.05) is 24.6 Å². The van der Waals surface area contributed by atoms with E-state index >= 15 is 0 Å². The Morgan fingerprint density at radius 1 is 1.38 bits per heavy atom. The predicted molar refractivity (Wildman–Crippen MR) is 81.4 cm³/mol. The van der Waals surface area contributed by atoms with Crippen molar-refractivity contribution in [2.24, 2.45) is 5.92 Å². The standard InChI is InChI=1S/C16H24N2O3/c1-16(2,3)21-15(20)13-4-5-14(17-10-13)18-8-6-12(11-19)7-9-18/h4-5,10,12,19H,6-9,11H2,1-3H3. The highest BCUT2D eigenvalue weighted by atomic mass is 16.6. The van der Waals surface area contributed by atoms with Gasteiger partial charge >= 0.3 is 5.97 Å². The number of anilines is 1. The second-order valence-electron chi connectivity index (χ2n) is 6.52. The summed E-state index contributed by atoms with van der Waals surface area (Å²) in [5.74, 6) is 0.932. The molecule has 5 nitrogen and oxygen atoms in total. The number of rotatable bonds is 3. The minimum Gasteiger partial charge on any atom is -0.456 e. The average molecular weight is 292 g/mol. The number of pyridine rings is 1. The zero-order valence-corrected chi connectivity index (χ0v) is 13.0. The summed E-state index contributed by atoms with van der Waals surface area (Å²) in [5, 5.41) is 9.15. The summed E-state index contributed by atoms with van der Waals surface area (Å²) in [7, 11) is 0. The first kappa shape index (κ1) is 15.8. The van der Waals surface area contributed by atoms with Gasteiger partial charge in [0.15, 0.2) is 0 Å². The second kappa shape index (κ2) is 6.43. The molecule has 2 heterocycles. The molecular formula is C16H24N2O3. The van der Waals surface area contributed by atoms with E-state index in [4.69, 9.17) is 9.84 Å². The molecule has 0 spiro atoms. The average Bonchev–Trinajstić information content (AvgIpc) is 2.46. The molecule has 1 fully saturated rings. The number of aliphatic hydroxyl groups excluding tert-OH is 1. The van der Waals surface area contributed by atoms with E-state index in [1.807, 2.05) is 26.8 Å². The van der Waals surface area contributed by atoms with Crippen LogP contribution in [0.5, 0.6) is 0 Å². The maximum absolute atomic E-state index is 11.9. The van der Waals surface area contributed by atoms with E-state index in [0.717, 1.165) is 31.7 Å². The van der Waals surface area contributed by atoms with Gasteiger partial charge in [-0.2, -0.15) is 0 Å². The number of ether oxygens (including phenoxy) is 1. The third-order valence-corrected chi connectivity index (χ3v) is 3.58. The molecule has 0 amide bonds. The summed E-state index contributed by atoms with van der Waals surface area (Å²) in [4.78, 5) is 18.5.